The first kappa shape index (κ1) is 19.9. The average molecular weight is 380 g/mol. The summed E-state index contributed by atoms with van der Waals surface area (Å²) in [6.45, 7) is 1.82. The molecule has 0 aliphatic rings. The third kappa shape index (κ3) is 5.03. The second-order valence-electron chi connectivity index (χ2n) is 5.74. The SMILES string of the molecule is CCc1ccc(NC(=O)CCc2ccc(OC)c(F)c2)cc1S(N)(=O)=O. The van der Waals surface area contributed by atoms with E-state index in [1.165, 1.54) is 25.3 Å². The van der Waals surface area contributed by atoms with Gasteiger partial charge in [0.25, 0.3) is 0 Å². The Kier molecular flexibility index (Phi) is 6.33. The first-order chi connectivity index (χ1) is 12.2. The fraction of sp³-hybridized carbons (Fsp3) is 0.278. The number of hydrogen-bond acceptors (Lipinski definition) is 4. The van der Waals surface area contributed by atoms with Crippen LogP contribution in [0.3, 0.4) is 0 Å². The molecule has 0 aliphatic heterocycles. The smallest absolute Gasteiger partial charge is 0.238 e. The van der Waals surface area contributed by atoms with Gasteiger partial charge >= 0.3 is 0 Å². The van der Waals surface area contributed by atoms with Crippen molar-refractivity contribution in [2.24, 2.45) is 5.14 Å². The molecule has 0 aliphatic carbocycles. The quantitative estimate of drug-likeness (QED) is 0.771. The van der Waals surface area contributed by atoms with E-state index in [1.54, 1.807) is 18.2 Å². The highest BCUT2D eigenvalue weighted by Crippen LogP contribution is 2.21. The lowest BCUT2D eigenvalue weighted by atomic mass is 10.1. The summed E-state index contributed by atoms with van der Waals surface area (Å²) >= 11 is 0. The number of aryl methyl sites for hydroxylation is 2. The molecule has 1 amide bonds. The lowest BCUT2D eigenvalue weighted by molar-refractivity contribution is -0.116. The molecule has 2 aromatic carbocycles. The molecule has 140 valence electrons. The van der Waals surface area contributed by atoms with Gasteiger partial charge in [-0.2, -0.15) is 0 Å². The van der Waals surface area contributed by atoms with Crippen molar-refractivity contribution in [2.75, 3.05) is 12.4 Å². The van der Waals surface area contributed by atoms with Crippen LogP contribution in [0.2, 0.25) is 0 Å². The van der Waals surface area contributed by atoms with E-state index in [9.17, 15) is 17.6 Å². The number of nitrogens with one attached hydrogen (secondary N) is 1. The summed E-state index contributed by atoms with van der Waals surface area (Å²) in [5.74, 6) is -0.658. The van der Waals surface area contributed by atoms with E-state index in [0.717, 1.165) is 0 Å². The molecule has 0 atom stereocenters. The summed E-state index contributed by atoms with van der Waals surface area (Å²) in [4.78, 5) is 12.1. The maximum atomic E-state index is 13.7. The van der Waals surface area contributed by atoms with Crippen molar-refractivity contribution in [3.05, 3.63) is 53.3 Å². The number of carbonyl (C=O) groups excluding carboxylic acids is 1. The largest absolute Gasteiger partial charge is 0.494 e. The number of anilines is 1. The van der Waals surface area contributed by atoms with E-state index < -0.39 is 15.8 Å². The molecule has 0 bridgehead atoms. The van der Waals surface area contributed by atoms with E-state index in [1.807, 2.05) is 6.92 Å². The van der Waals surface area contributed by atoms with Gasteiger partial charge in [0.05, 0.1) is 12.0 Å². The summed E-state index contributed by atoms with van der Waals surface area (Å²) in [5.41, 5.74) is 1.58. The standard InChI is InChI=1S/C18H21FN2O4S/c1-3-13-6-7-14(11-17(13)26(20,23)24)21-18(22)9-5-12-4-8-16(25-2)15(19)10-12/h4,6-8,10-11H,3,5,9H2,1-2H3,(H,21,22)(H2,20,23,24). The molecule has 0 spiro atoms. The molecule has 0 unspecified atom stereocenters. The van der Waals surface area contributed by atoms with Crippen LogP contribution in [0.15, 0.2) is 41.3 Å². The van der Waals surface area contributed by atoms with Gasteiger partial charge in [0.2, 0.25) is 15.9 Å². The lowest BCUT2D eigenvalue weighted by Crippen LogP contribution is -2.16. The number of hydrogen-bond donors (Lipinski definition) is 2. The lowest BCUT2D eigenvalue weighted by Gasteiger charge is -2.10. The average Bonchev–Trinajstić information content (AvgIpc) is 2.59. The molecule has 3 N–H and O–H groups in total. The molecule has 6 nitrogen and oxygen atoms in total. The minimum atomic E-state index is -3.88. The van der Waals surface area contributed by atoms with Gasteiger partial charge in [0.15, 0.2) is 11.6 Å². The van der Waals surface area contributed by atoms with Gasteiger partial charge < -0.3 is 10.1 Å². The summed E-state index contributed by atoms with van der Waals surface area (Å²) in [5, 5.41) is 7.85. The molecule has 0 saturated heterocycles. The molecule has 0 fully saturated rings. The van der Waals surface area contributed by atoms with Crippen molar-refractivity contribution in [3.63, 3.8) is 0 Å². The number of methoxy groups -OCH3 is 1. The van der Waals surface area contributed by atoms with Gasteiger partial charge in [-0.25, -0.2) is 17.9 Å². The van der Waals surface area contributed by atoms with Crippen molar-refractivity contribution < 1.29 is 22.3 Å². The molecule has 2 rings (SSSR count). The molecule has 0 heterocycles. The number of halogens is 1. The Labute approximate surface area is 152 Å². The van der Waals surface area contributed by atoms with E-state index in [4.69, 9.17) is 9.88 Å². The van der Waals surface area contributed by atoms with Crippen molar-refractivity contribution >= 4 is 21.6 Å². The Hall–Kier alpha value is -2.45. The Morgan fingerprint density at radius 2 is 1.96 bits per heavy atom. The third-order valence-electron chi connectivity index (χ3n) is 3.90. The molecule has 0 aromatic heterocycles. The van der Waals surface area contributed by atoms with Crippen LogP contribution in [0.5, 0.6) is 5.75 Å². The van der Waals surface area contributed by atoms with Crippen LogP contribution in [0.25, 0.3) is 0 Å². The predicted octanol–water partition coefficient (Wildman–Crippen LogP) is 2.62. The van der Waals surface area contributed by atoms with Gasteiger partial charge in [-0.05, 0) is 48.2 Å². The van der Waals surface area contributed by atoms with Crippen LogP contribution in [0, 0.1) is 5.82 Å². The summed E-state index contributed by atoms with van der Waals surface area (Å²) in [7, 11) is -2.50. The molecule has 26 heavy (non-hydrogen) atoms. The highest BCUT2D eigenvalue weighted by Gasteiger charge is 2.15. The number of benzene rings is 2. The van der Waals surface area contributed by atoms with E-state index >= 15 is 0 Å². The second kappa shape index (κ2) is 8.29. The first-order valence-electron chi connectivity index (χ1n) is 8.02. The Morgan fingerprint density at radius 1 is 1.23 bits per heavy atom. The number of nitrogens with two attached hydrogens (primary N) is 1. The summed E-state index contributed by atoms with van der Waals surface area (Å²) in [6.07, 6.45) is 0.955. The van der Waals surface area contributed by atoms with Crippen LogP contribution >= 0.6 is 0 Å². The number of primary sulfonamides is 1. The van der Waals surface area contributed by atoms with Crippen LogP contribution in [0.1, 0.15) is 24.5 Å². The predicted molar refractivity (Wildman–Crippen MR) is 97.1 cm³/mol. The molecule has 0 radical (unpaired) electrons. The van der Waals surface area contributed by atoms with E-state index in [2.05, 4.69) is 5.32 Å². The van der Waals surface area contributed by atoms with E-state index in [0.29, 0.717) is 29.7 Å². The van der Waals surface area contributed by atoms with Crippen molar-refractivity contribution in [1.29, 1.82) is 0 Å². The Morgan fingerprint density at radius 3 is 2.54 bits per heavy atom. The zero-order chi connectivity index (χ0) is 19.3. The van der Waals surface area contributed by atoms with Crippen LogP contribution in [-0.4, -0.2) is 21.4 Å². The van der Waals surface area contributed by atoms with Crippen LogP contribution < -0.4 is 15.2 Å². The summed E-state index contributed by atoms with van der Waals surface area (Å²) < 4.78 is 41.8. The van der Waals surface area contributed by atoms with Crippen LogP contribution in [-0.2, 0) is 27.7 Å². The topological polar surface area (TPSA) is 98.5 Å². The monoisotopic (exact) mass is 380 g/mol. The molecule has 2 aromatic rings. The van der Waals surface area contributed by atoms with Gasteiger partial charge in [-0.1, -0.05) is 19.1 Å². The van der Waals surface area contributed by atoms with Crippen LogP contribution in [0.4, 0.5) is 10.1 Å². The van der Waals surface area contributed by atoms with Gasteiger partial charge in [0.1, 0.15) is 0 Å². The number of ether oxygens (including phenoxy) is 1. The molecular formula is C18H21FN2O4S. The number of sulfonamides is 1. The fourth-order valence-corrected chi connectivity index (χ4v) is 3.41. The van der Waals surface area contributed by atoms with Crippen molar-refractivity contribution in [1.82, 2.24) is 0 Å². The minimum Gasteiger partial charge on any atom is -0.494 e. The zero-order valence-electron chi connectivity index (χ0n) is 14.6. The Balaban J connectivity index is 2.05. The minimum absolute atomic E-state index is 0.00461. The zero-order valence-corrected chi connectivity index (χ0v) is 15.4. The van der Waals surface area contributed by atoms with Gasteiger partial charge in [0, 0.05) is 12.1 Å². The third-order valence-corrected chi connectivity index (χ3v) is 4.89. The van der Waals surface area contributed by atoms with Gasteiger partial charge in [-0.15, -0.1) is 0 Å². The maximum Gasteiger partial charge on any atom is 0.238 e. The number of carbonyl (C=O) groups is 1. The number of amides is 1. The first-order valence-corrected chi connectivity index (χ1v) is 9.57. The van der Waals surface area contributed by atoms with Crippen molar-refractivity contribution in [2.45, 2.75) is 31.1 Å². The highest BCUT2D eigenvalue weighted by molar-refractivity contribution is 7.89. The summed E-state index contributed by atoms with van der Waals surface area (Å²) in [6, 6.07) is 9.10. The van der Waals surface area contributed by atoms with E-state index in [-0.39, 0.29) is 23.0 Å². The second-order valence-corrected chi connectivity index (χ2v) is 7.27. The molecule has 8 heteroatoms. The number of rotatable bonds is 7. The van der Waals surface area contributed by atoms with Crippen molar-refractivity contribution in [3.8, 4) is 5.75 Å². The fourth-order valence-electron chi connectivity index (χ4n) is 2.54. The maximum absolute atomic E-state index is 13.7. The van der Waals surface area contributed by atoms with Gasteiger partial charge in [-0.3, -0.25) is 4.79 Å². The highest BCUT2D eigenvalue weighted by atomic mass is 32.2. The normalized spacial score (nSPS) is 11.2. The molecule has 0 saturated carbocycles. The Bertz CT molecular complexity index is 913. The molecular weight excluding hydrogens is 359 g/mol.